The van der Waals surface area contributed by atoms with Crippen molar-refractivity contribution >= 4 is 23.5 Å². The van der Waals surface area contributed by atoms with E-state index in [1.807, 2.05) is 32.0 Å². The lowest BCUT2D eigenvalue weighted by Gasteiger charge is -2.18. The Hall–Kier alpha value is -3.55. The fourth-order valence-electron chi connectivity index (χ4n) is 2.84. The smallest absolute Gasteiger partial charge is 0.338 e. The fourth-order valence-corrected chi connectivity index (χ4v) is 2.84. The molecule has 2 aromatic rings. The molecule has 8 nitrogen and oxygen atoms in total. The highest BCUT2D eigenvalue weighted by Crippen LogP contribution is 2.32. The number of hydrogen-bond donors (Lipinski definition) is 1. The third-order valence-electron chi connectivity index (χ3n) is 4.49. The molecule has 152 valence electrons. The van der Waals surface area contributed by atoms with Gasteiger partial charge in [0, 0.05) is 12.7 Å². The zero-order valence-electron chi connectivity index (χ0n) is 16.5. The second-order valence-electron chi connectivity index (χ2n) is 6.71. The molecule has 0 aliphatic carbocycles. The van der Waals surface area contributed by atoms with Crippen molar-refractivity contribution < 1.29 is 28.6 Å². The van der Waals surface area contributed by atoms with E-state index in [4.69, 9.17) is 14.2 Å². The average Bonchev–Trinajstić information content (AvgIpc) is 3.16. The van der Waals surface area contributed by atoms with Gasteiger partial charge in [-0.25, -0.2) is 4.79 Å². The van der Waals surface area contributed by atoms with Gasteiger partial charge in [0.2, 0.25) is 12.7 Å². The summed E-state index contributed by atoms with van der Waals surface area (Å²) in [6.45, 7) is 3.26. The van der Waals surface area contributed by atoms with Crippen molar-refractivity contribution in [1.29, 1.82) is 0 Å². The molecule has 0 bridgehead atoms. The molecule has 29 heavy (non-hydrogen) atoms. The maximum Gasteiger partial charge on any atom is 0.338 e. The van der Waals surface area contributed by atoms with Gasteiger partial charge in [0.25, 0.3) is 5.91 Å². The van der Waals surface area contributed by atoms with E-state index < -0.39 is 18.5 Å². The van der Waals surface area contributed by atoms with Gasteiger partial charge in [-0.3, -0.25) is 9.59 Å². The van der Waals surface area contributed by atoms with Gasteiger partial charge in [0.05, 0.1) is 12.1 Å². The van der Waals surface area contributed by atoms with E-state index in [1.165, 1.54) is 24.1 Å². The van der Waals surface area contributed by atoms with Crippen LogP contribution in [0.25, 0.3) is 0 Å². The minimum absolute atomic E-state index is 0.0984. The number of rotatable bonds is 6. The molecule has 0 unspecified atom stereocenters. The van der Waals surface area contributed by atoms with E-state index in [-0.39, 0.29) is 24.8 Å². The van der Waals surface area contributed by atoms with Crippen molar-refractivity contribution in [2.24, 2.45) is 0 Å². The first-order chi connectivity index (χ1) is 13.8. The van der Waals surface area contributed by atoms with Crippen LogP contribution in [0, 0.1) is 13.8 Å². The molecule has 0 atom stereocenters. The van der Waals surface area contributed by atoms with Crippen LogP contribution in [-0.4, -0.2) is 49.7 Å². The Morgan fingerprint density at radius 3 is 2.48 bits per heavy atom. The predicted molar refractivity (Wildman–Crippen MR) is 105 cm³/mol. The van der Waals surface area contributed by atoms with Crippen LogP contribution in [0.3, 0.4) is 0 Å². The maximum absolute atomic E-state index is 12.3. The van der Waals surface area contributed by atoms with Crippen LogP contribution in [0.15, 0.2) is 36.4 Å². The van der Waals surface area contributed by atoms with Crippen LogP contribution >= 0.6 is 0 Å². The first-order valence-corrected chi connectivity index (χ1v) is 9.02. The van der Waals surface area contributed by atoms with Crippen LogP contribution in [-0.2, 0) is 14.3 Å². The Labute approximate surface area is 168 Å². The van der Waals surface area contributed by atoms with Crippen LogP contribution < -0.4 is 14.8 Å². The largest absolute Gasteiger partial charge is 0.454 e. The minimum atomic E-state index is -0.662. The van der Waals surface area contributed by atoms with Crippen molar-refractivity contribution in [1.82, 2.24) is 4.90 Å². The Morgan fingerprint density at radius 2 is 1.76 bits per heavy atom. The summed E-state index contributed by atoms with van der Waals surface area (Å²) in [7, 11) is 1.47. The summed E-state index contributed by atoms with van der Waals surface area (Å²) in [5.41, 5.74) is 2.85. The van der Waals surface area contributed by atoms with Gasteiger partial charge in [-0.15, -0.1) is 0 Å². The summed E-state index contributed by atoms with van der Waals surface area (Å²) < 4.78 is 15.4. The summed E-state index contributed by atoms with van der Waals surface area (Å²) in [5, 5.41) is 2.81. The molecular weight excluding hydrogens is 376 g/mol. The Kier molecular flexibility index (Phi) is 6.01. The lowest BCUT2D eigenvalue weighted by molar-refractivity contribution is -0.136. The first kappa shape index (κ1) is 20.2. The third-order valence-corrected chi connectivity index (χ3v) is 4.49. The van der Waals surface area contributed by atoms with E-state index in [0.29, 0.717) is 11.5 Å². The standard InChI is InChI=1S/C21H22N2O6/c1-13-5-4-6-14(2)20(13)22-18(24)10-23(3)19(25)11-27-21(26)15-7-8-16-17(9-15)29-12-28-16/h4-9H,10-12H2,1-3H3,(H,22,24). The quantitative estimate of drug-likeness (QED) is 0.751. The van der Waals surface area contributed by atoms with Gasteiger partial charge in [-0.05, 0) is 43.2 Å². The number of fused-ring (bicyclic) bond motifs is 1. The second kappa shape index (κ2) is 8.64. The lowest BCUT2D eigenvalue weighted by Crippen LogP contribution is -2.37. The van der Waals surface area contributed by atoms with Gasteiger partial charge in [0.1, 0.15) is 0 Å². The Bertz CT molecular complexity index is 936. The monoisotopic (exact) mass is 398 g/mol. The number of esters is 1. The van der Waals surface area contributed by atoms with Gasteiger partial charge >= 0.3 is 5.97 Å². The van der Waals surface area contributed by atoms with Crippen LogP contribution in [0.5, 0.6) is 11.5 Å². The van der Waals surface area contributed by atoms with Crippen LogP contribution in [0.4, 0.5) is 5.69 Å². The Morgan fingerprint density at radius 1 is 1.07 bits per heavy atom. The molecule has 2 aromatic carbocycles. The molecule has 0 spiro atoms. The summed E-state index contributed by atoms with van der Waals surface area (Å²) in [6.07, 6.45) is 0. The number of aryl methyl sites for hydroxylation is 2. The van der Waals surface area contributed by atoms with Crippen molar-refractivity contribution in [3.05, 3.63) is 53.1 Å². The number of carbonyl (C=O) groups is 3. The summed E-state index contributed by atoms with van der Waals surface area (Å²) in [5.74, 6) is -0.487. The minimum Gasteiger partial charge on any atom is -0.454 e. The third kappa shape index (κ3) is 4.84. The van der Waals surface area contributed by atoms with Crippen LogP contribution in [0.2, 0.25) is 0 Å². The number of anilines is 1. The number of amides is 2. The maximum atomic E-state index is 12.3. The number of hydrogen-bond acceptors (Lipinski definition) is 6. The summed E-state index contributed by atoms with van der Waals surface area (Å²) >= 11 is 0. The SMILES string of the molecule is Cc1cccc(C)c1NC(=O)CN(C)C(=O)COC(=O)c1ccc2c(c1)OCO2. The van der Waals surface area contributed by atoms with E-state index in [0.717, 1.165) is 16.8 Å². The number of likely N-dealkylation sites (N-methyl/N-ethyl adjacent to an activating group) is 1. The van der Waals surface area contributed by atoms with Crippen molar-refractivity contribution in [3.8, 4) is 11.5 Å². The number of nitrogens with one attached hydrogen (secondary N) is 1. The molecule has 0 fully saturated rings. The molecule has 3 rings (SSSR count). The van der Waals surface area contributed by atoms with Gasteiger partial charge in [0.15, 0.2) is 18.1 Å². The van der Waals surface area contributed by atoms with E-state index >= 15 is 0 Å². The number of nitrogens with zero attached hydrogens (tertiary/aromatic N) is 1. The van der Waals surface area contributed by atoms with Gasteiger partial charge in [-0.1, -0.05) is 18.2 Å². The summed E-state index contributed by atoms with van der Waals surface area (Å²) in [4.78, 5) is 37.8. The van der Waals surface area contributed by atoms with E-state index in [9.17, 15) is 14.4 Å². The van der Waals surface area contributed by atoms with E-state index in [2.05, 4.69) is 5.32 Å². The number of benzene rings is 2. The first-order valence-electron chi connectivity index (χ1n) is 9.02. The van der Waals surface area contributed by atoms with Crippen molar-refractivity contribution in [3.63, 3.8) is 0 Å². The van der Waals surface area contributed by atoms with Crippen molar-refractivity contribution in [2.75, 3.05) is 32.3 Å². The predicted octanol–water partition coefficient (Wildman–Crippen LogP) is 2.29. The van der Waals surface area contributed by atoms with Crippen LogP contribution in [0.1, 0.15) is 21.5 Å². The molecular formula is C21H22N2O6. The van der Waals surface area contributed by atoms with E-state index in [1.54, 1.807) is 6.07 Å². The number of carbonyl (C=O) groups excluding carboxylic acids is 3. The lowest BCUT2D eigenvalue weighted by atomic mass is 10.1. The fraction of sp³-hybridized carbons (Fsp3) is 0.286. The molecule has 8 heteroatoms. The topological polar surface area (TPSA) is 94.2 Å². The highest BCUT2D eigenvalue weighted by atomic mass is 16.7. The van der Waals surface area contributed by atoms with Crippen molar-refractivity contribution in [2.45, 2.75) is 13.8 Å². The second-order valence-corrected chi connectivity index (χ2v) is 6.71. The molecule has 2 amide bonds. The average molecular weight is 398 g/mol. The molecule has 1 aliphatic heterocycles. The molecule has 0 radical (unpaired) electrons. The molecule has 0 saturated carbocycles. The molecule has 1 N–H and O–H groups in total. The molecule has 1 aliphatic rings. The summed E-state index contributed by atoms with van der Waals surface area (Å²) in [6, 6.07) is 10.3. The zero-order valence-corrected chi connectivity index (χ0v) is 16.5. The molecule has 1 heterocycles. The highest BCUT2D eigenvalue weighted by Gasteiger charge is 2.19. The molecule has 0 aromatic heterocycles. The number of para-hydroxylation sites is 1. The highest BCUT2D eigenvalue weighted by molar-refractivity contribution is 5.96. The van der Waals surface area contributed by atoms with Gasteiger partial charge in [-0.2, -0.15) is 0 Å². The van der Waals surface area contributed by atoms with Gasteiger partial charge < -0.3 is 24.4 Å². The Balaban J connectivity index is 1.50. The molecule has 0 saturated heterocycles. The number of ether oxygens (including phenoxy) is 3. The zero-order chi connectivity index (χ0) is 21.0. The normalized spacial score (nSPS) is 11.7.